The molecule has 1 fully saturated rings. The number of hydrogen-bond acceptors (Lipinski definition) is 7. The third-order valence-corrected chi connectivity index (χ3v) is 5.81. The minimum atomic E-state index is -1.24. The van der Waals surface area contributed by atoms with Crippen LogP contribution in [-0.4, -0.2) is 51.4 Å². The first-order valence-corrected chi connectivity index (χ1v) is 10.4. The molecule has 27 heavy (non-hydrogen) atoms. The molecule has 2 rings (SSSR count). The number of nitrogens with one attached hydrogen (secondary N) is 1. The summed E-state index contributed by atoms with van der Waals surface area (Å²) in [6, 6.07) is -1.01. The summed E-state index contributed by atoms with van der Waals surface area (Å²) in [5, 5.41) is 3.30. The lowest BCUT2D eigenvalue weighted by molar-refractivity contribution is -0.121. The van der Waals surface area contributed by atoms with Gasteiger partial charge >= 0.3 is 6.03 Å². The number of thiazole rings is 1. The van der Waals surface area contributed by atoms with Crippen LogP contribution in [0.15, 0.2) is 22.7 Å². The van der Waals surface area contributed by atoms with Crippen molar-refractivity contribution >= 4 is 51.5 Å². The molecule has 1 aliphatic rings. The number of aliphatic imine (C=N–C) groups is 1. The minimum Gasteiger partial charge on any atom is -0.610 e. The average Bonchev–Trinajstić information content (AvgIpc) is 3.21. The Bertz CT molecular complexity index is 802. The number of nitrogens with two attached hydrogens (primary N) is 2. The van der Waals surface area contributed by atoms with Crippen molar-refractivity contribution in [2.45, 2.75) is 25.8 Å². The monoisotopic (exact) mass is 410 g/mol. The lowest BCUT2D eigenvalue weighted by Crippen LogP contribution is -2.45. The van der Waals surface area contributed by atoms with Gasteiger partial charge in [-0.25, -0.2) is 14.8 Å². The number of hydrogen-bond donors (Lipinski definition) is 3. The van der Waals surface area contributed by atoms with Crippen LogP contribution in [0.3, 0.4) is 0 Å². The van der Waals surface area contributed by atoms with E-state index in [0.717, 1.165) is 6.42 Å². The van der Waals surface area contributed by atoms with Crippen LogP contribution in [0, 0.1) is 6.92 Å². The fraction of sp³-hybridized carbons (Fsp3) is 0.375. The number of likely N-dealkylation sites (tertiary alicyclic amines) is 1. The molecule has 1 aromatic heterocycles. The fourth-order valence-electron chi connectivity index (χ4n) is 2.54. The van der Waals surface area contributed by atoms with Gasteiger partial charge in [-0.15, -0.1) is 0 Å². The number of urea groups is 1. The molecule has 2 atom stereocenters. The number of aryl methyl sites for hydroxylation is 1. The standard InChI is InChI=1S/C16H22N6O3S2/c1-9-13(11(17)6-7-19-10(2)27(3)25)26-15(20-9)21-16(24)22-8-4-5-12(22)14(18)23/h6-7,12H,2,4-5,8,17H2,1,3H3,(H2,18,23)(H,20,21,24)/b11-6-,19-7-/t12-,27?/m0/s1. The molecular weight excluding hydrogens is 388 g/mol. The van der Waals surface area contributed by atoms with Crippen molar-refractivity contribution in [3.63, 3.8) is 0 Å². The number of carbonyl (C=O) groups excluding carboxylic acids is 2. The molecule has 0 aromatic carbocycles. The normalized spacial score (nSPS) is 18.7. The Morgan fingerprint density at radius 1 is 1.52 bits per heavy atom. The minimum absolute atomic E-state index is 0.239. The van der Waals surface area contributed by atoms with Crippen LogP contribution in [0.25, 0.3) is 5.70 Å². The molecule has 1 aromatic rings. The number of aromatic nitrogens is 1. The summed E-state index contributed by atoms with van der Waals surface area (Å²) < 4.78 is 11.2. The van der Waals surface area contributed by atoms with Gasteiger partial charge in [-0.2, -0.15) is 0 Å². The zero-order chi connectivity index (χ0) is 20.1. The van der Waals surface area contributed by atoms with E-state index in [2.05, 4.69) is 21.9 Å². The van der Waals surface area contributed by atoms with E-state index < -0.39 is 29.2 Å². The molecule has 0 aliphatic carbocycles. The SMILES string of the molecule is C=C(/N=C\C=C(/N)c1sc(NC(=O)N2CCC[C@H]2C(N)=O)nc1C)[S+](C)[O-]. The second-order valence-corrected chi connectivity index (χ2v) is 8.24. The third-order valence-electron chi connectivity index (χ3n) is 3.92. The van der Waals surface area contributed by atoms with Gasteiger partial charge in [0, 0.05) is 23.9 Å². The Hall–Kier alpha value is -2.37. The Labute approximate surface area is 164 Å². The van der Waals surface area contributed by atoms with Crippen LogP contribution in [0.4, 0.5) is 9.93 Å². The summed E-state index contributed by atoms with van der Waals surface area (Å²) in [6.07, 6.45) is 5.74. The Kier molecular flexibility index (Phi) is 6.99. The Morgan fingerprint density at radius 3 is 2.85 bits per heavy atom. The summed E-state index contributed by atoms with van der Waals surface area (Å²) in [5.41, 5.74) is 12.4. The van der Waals surface area contributed by atoms with E-state index in [-0.39, 0.29) is 5.03 Å². The van der Waals surface area contributed by atoms with Crippen LogP contribution in [0.5, 0.6) is 0 Å². The summed E-state index contributed by atoms with van der Waals surface area (Å²) in [6.45, 7) is 5.81. The number of rotatable bonds is 6. The molecule has 5 N–H and O–H groups in total. The fourth-order valence-corrected chi connectivity index (χ4v) is 3.64. The van der Waals surface area contributed by atoms with Gasteiger partial charge in [-0.1, -0.05) is 11.3 Å². The van der Waals surface area contributed by atoms with Crippen LogP contribution in [0.2, 0.25) is 0 Å². The quantitative estimate of drug-likeness (QED) is 0.475. The van der Waals surface area contributed by atoms with E-state index in [1.54, 1.807) is 13.0 Å². The molecule has 11 heteroatoms. The smallest absolute Gasteiger partial charge is 0.324 e. The van der Waals surface area contributed by atoms with E-state index >= 15 is 0 Å². The predicted octanol–water partition coefficient (Wildman–Crippen LogP) is 1.15. The highest BCUT2D eigenvalue weighted by Gasteiger charge is 2.33. The lowest BCUT2D eigenvalue weighted by Gasteiger charge is -2.21. The van der Waals surface area contributed by atoms with Crippen molar-refractivity contribution in [1.29, 1.82) is 0 Å². The van der Waals surface area contributed by atoms with Gasteiger partial charge in [-0.05, 0) is 32.4 Å². The van der Waals surface area contributed by atoms with E-state index in [4.69, 9.17) is 11.5 Å². The number of allylic oxidation sites excluding steroid dienone is 1. The highest BCUT2D eigenvalue weighted by molar-refractivity contribution is 7.94. The number of carbonyl (C=O) groups is 2. The van der Waals surface area contributed by atoms with Crippen LogP contribution >= 0.6 is 11.3 Å². The van der Waals surface area contributed by atoms with Gasteiger partial charge in [-0.3, -0.25) is 10.1 Å². The van der Waals surface area contributed by atoms with E-state index in [1.165, 1.54) is 28.7 Å². The van der Waals surface area contributed by atoms with Gasteiger partial charge < -0.3 is 20.9 Å². The molecule has 1 aliphatic heterocycles. The number of nitrogens with zero attached hydrogens (tertiary/aromatic N) is 3. The van der Waals surface area contributed by atoms with Gasteiger partial charge in [0.05, 0.1) is 16.3 Å². The van der Waals surface area contributed by atoms with Gasteiger partial charge in [0.25, 0.3) is 0 Å². The van der Waals surface area contributed by atoms with E-state index in [9.17, 15) is 14.1 Å². The zero-order valence-corrected chi connectivity index (χ0v) is 16.7. The maximum Gasteiger partial charge on any atom is 0.324 e. The maximum atomic E-state index is 12.4. The molecule has 0 saturated carbocycles. The molecule has 9 nitrogen and oxygen atoms in total. The molecular formula is C16H22N6O3S2. The Morgan fingerprint density at radius 2 is 2.22 bits per heavy atom. The summed E-state index contributed by atoms with van der Waals surface area (Å²) in [4.78, 5) is 34.2. The first-order chi connectivity index (χ1) is 12.7. The summed E-state index contributed by atoms with van der Waals surface area (Å²) in [5.74, 6) is -0.514. The second kappa shape index (κ2) is 9.02. The van der Waals surface area contributed by atoms with E-state index in [1.807, 2.05) is 0 Å². The summed E-state index contributed by atoms with van der Waals surface area (Å²) >= 11 is -0.0354. The number of amides is 3. The van der Waals surface area contributed by atoms with Crippen LogP contribution in [-0.2, 0) is 16.0 Å². The number of anilines is 1. The molecule has 1 unspecified atom stereocenters. The molecule has 2 heterocycles. The largest absolute Gasteiger partial charge is 0.610 e. The van der Waals surface area contributed by atoms with Crippen molar-refractivity contribution < 1.29 is 14.1 Å². The van der Waals surface area contributed by atoms with Gasteiger partial charge in [0.2, 0.25) is 10.9 Å². The molecule has 0 spiro atoms. The second-order valence-electron chi connectivity index (χ2n) is 5.87. The van der Waals surface area contributed by atoms with Crippen molar-refractivity contribution in [1.82, 2.24) is 9.88 Å². The third kappa shape index (κ3) is 5.31. The summed E-state index contributed by atoms with van der Waals surface area (Å²) in [7, 11) is 0. The molecule has 0 bridgehead atoms. The highest BCUT2D eigenvalue weighted by atomic mass is 32.2. The van der Waals surface area contributed by atoms with Crippen molar-refractivity contribution in [3.8, 4) is 0 Å². The first kappa shape index (κ1) is 20.9. The van der Waals surface area contributed by atoms with Crippen molar-refractivity contribution in [2.75, 3.05) is 18.1 Å². The number of primary amides is 1. The van der Waals surface area contributed by atoms with E-state index in [0.29, 0.717) is 34.4 Å². The topological polar surface area (TPSA) is 150 Å². The molecule has 146 valence electrons. The van der Waals surface area contributed by atoms with Gasteiger partial charge in [0.1, 0.15) is 12.3 Å². The van der Waals surface area contributed by atoms with Gasteiger partial charge in [0.15, 0.2) is 5.13 Å². The zero-order valence-electron chi connectivity index (χ0n) is 15.1. The lowest BCUT2D eigenvalue weighted by atomic mass is 10.2. The molecule has 3 amide bonds. The van der Waals surface area contributed by atoms with Crippen LogP contribution < -0.4 is 16.8 Å². The molecule has 1 saturated heterocycles. The first-order valence-electron chi connectivity index (χ1n) is 8.07. The van der Waals surface area contributed by atoms with Crippen LogP contribution in [0.1, 0.15) is 23.4 Å². The predicted molar refractivity (Wildman–Crippen MR) is 109 cm³/mol. The van der Waals surface area contributed by atoms with Crippen molar-refractivity contribution in [2.24, 2.45) is 16.5 Å². The Balaban J connectivity index is 2.08. The highest BCUT2D eigenvalue weighted by Crippen LogP contribution is 2.27. The average molecular weight is 411 g/mol. The molecule has 0 radical (unpaired) electrons. The maximum absolute atomic E-state index is 12.4. The van der Waals surface area contributed by atoms with Crippen molar-refractivity contribution in [3.05, 3.63) is 28.3 Å².